The van der Waals surface area contributed by atoms with Gasteiger partial charge < -0.3 is 0 Å². The van der Waals surface area contributed by atoms with Crippen LogP contribution in [0.3, 0.4) is 0 Å². The highest BCUT2D eigenvalue weighted by Crippen LogP contribution is 2.46. The maximum atomic E-state index is 2.47. The average Bonchev–Trinajstić information content (AvgIpc) is 2.32. The largest absolute Gasteiger partial charge is 0.0859 e. The fourth-order valence-electron chi connectivity index (χ4n) is 2.73. The van der Waals surface area contributed by atoms with Crippen molar-refractivity contribution in [3.05, 3.63) is 11.6 Å². The second-order valence-corrected chi connectivity index (χ2v) is 5.08. The molecule has 0 aromatic rings. The van der Waals surface area contributed by atoms with E-state index in [4.69, 9.17) is 0 Å². The van der Waals surface area contributed by atoms with Crippen LogP contribution in [0.1, 0.15) is 59.8 Å². The van der Waals surface area contributed by atoms with Gasteiger partial charge in [-0.25, -0.2) is 0 Å². The first kappa shape index (κ1) is 10.8. The molecule has 2 unspecified atom stereocenters. The highest BCUT2D eigenvalue weighted by atomic mass is 14.4. The molecule has 0 heterocycles. The summed E-state index contributed by atoms with van der Waals surface area (Å²) in [5.74, 6) is 0.924. The number of allylic oxidation sites excluding steroid dienone is 2. The van der Waals surface area contributed by atoms with Crippen LogP contribution in [-0.2, 0) is 0 Å². The monoisotopic (exact) mass is 180 g/mol. The quantitative estimate of drug-likeness (QED) is 0.558. The third-order valence-electron chi connectivity index (χ3n) is 3.81. The van der Waals surface area contributed by atoms with Gasteiger partial charge in [-0.05, 0) is 37.5 Å². The van der Waals surface area contributed by atoms with Crippen molar-refractivity contribution in [2.75, 3.05) is 0 Å². The summed E-state index contributed by atoms with van der Waals surface area (Å²) >= 11 is 0. The molecule has 0 aromatic carbocycles. The first-order valence-corrected chi connectivity index (χ1v) is 5.74. The Labute approximate surface area is 83.4 Å². The molecule has 76 valence electrons. The van der Waals surface area contributed by atoms with E-state index in [1.165, 1.54) is 32.1 Å². The molecular weight excluding hydrogens is 156 g/mol. The summed E-state index contributed by atoms with van der Waals surface area (Å²) in [6, 6.07) is 0. The van der Waals surface area contributed by atoms with Crippen LogP contribution in [0.15, 0.2) is 11.6 Å². The van der Waals surface area contributed by atoms with Gasteiger partial charge >= 0.3 is 0 Å². The molecule has 0 nitrogen and oxygen atoms in total. The summed E-state index contributed by atoms with van der Waals surface area (Å²) in [6.45, 7) is 9.41. The van der Waals surface area contributed by atoms with Crippen LogP contribution in [-0.4, -0.2) is 0 Å². The van der Waals surface area contributed by atoms with Gasteiger partial charge in [0.1, 0.15) is 0 Å². The Bertz CT molecular complexity index is 190. The van der Waals surface area contributed by atoms with Crippen LogP contribution in [0.2, 0.25) is 0 Å². The zero-order valence-electron chi connectivity index (χ0n) is 9.69. The Morgan fingerprint density at radius 1 is 1.54 bits per heavy atom. The molecule has 0 aromatic heterocycles. The predicted molar refractivity (Wildman–Crippen MR) is 59.8 cm³/mol. The zero-order valence-corrected chi connectivity index (χ0v) is 9.69. The molecule has 0 saturated heterocycles. The molecular formula is C13H24. The van der Waals surface area contributed by atoms with Crippen LogP contribution in [0, 0.1) is 11.3 Å². The standard InChI is InChI=1S/C13H24/c1-5-7-11(2)10-13(4)9-6-8-12(13)3/h7,12H,5-6,8-10H2,1-4H3. The summed E-state index contributed by atoms with van der Waals surface area (Å²) < 4.78 is 0. The first-order valence-electron chi connectivity index (χ1n) is 5.74. The lowest BCUT2D eigenvalue weighted by Crippen LogP contribution is -2.19. The minimum atomic E-state index is 0.607. The van der Waals surface area contributed by atoms with Gasteiger partial charge in [-0.15, -0.1) is 0 Å². The lowest BCUT2D eigenvalue weighted by molar-refractivity contribution is 0.244. The van der Waals surface area contributed by atoms with E-state index in [9.17, 15) is 0 Å². The molecule has 0 radical (unpaired) electrons. The Hall–Kier alpha value is -0.260. The van der Waals surface area contributed by atoms with Crippen molar-refractivity contribution in [1.82, 2.24) is 0 Å². The van der Waals surface area contributed by atoms with E-state index in [-0.39, 0.29) is 0 Å². The van der Waals surface area contributed by atoms with Crippen LogP contribution in [0.4, 0.5) is 0 Å². The molecule has 0 amide bonds. The number of hydrogen-bond acceptors (Lipinski definition) is 0. The lowest BCUT2D eigenvalue weighted by Gasteiger charge is -2.29. The lowest BCUT2D eigenvalue weighted by atomic mass is 9.76. The van der Waals surface area contributed by atoms with Crippen molar-refractivity contribution in [2.45, 2.75) is 59.8 Å². The summed E-state index contributed by atoms with van der Waals surface area (Å²) in [5, 5.41) is 0. The topological polar surface area (TPSA) is 0 Å². The highest BCUT2D eigenvalue weighted by molar-refractivity contribution is 5.04. The molecule has 0 bridgehead atoms. The third-order valence-corrected chi connectivity index (χ3v) is 3.81. The number of rotatable bonds is 3. The SMILES string of the molecule is CCC=C(C)CC1(C)CCCC1C. The van der Waals surface area contributed by atoms with Crippen molar-refractivity contribution < 1.29 is 0 Å². The molecule has 1 saturated carbocycles. The Balaban J connectivity index is 2.56. The van der Waals surface area contributed by atoms with E-state index in [0.717, 1.165) is 5.92 Å². The van der Waals surface area contributed by atoms with Gasteiger partial charge in [-0.3, -0.25) is 0 Å². The van der Waals surface area contributed by atoms with Gasteiger partial charge in [-0.2, -0.15) is 0 Å². The fourth-order valence-corrected chi connectivity index (χ4v) is 2.73. The normalized spacial score (nSPS) is 35.4. The fraction of sp³-hybridized carbons (Fsp3) is 0.846. The Morgan fingerprint density at radius 2 is 2.23 bits per heavy atom. The van der Waals surface area contributed by atoms with Crippen LogP contribution >= 0.6 is 0 Å². The molecule has 0 heteroatoms. The van der Waals surface area contributed by atoms with Crippen LogP contribution < -0.4 is 0 Å². The zero-order chi connectivity index (χ0) is 9.90. The van der Waals surface area contributed by atoms with Crippen LogP contribution in [0.5, 0.6) is 0 Å². The minimum absolute atomic E-state index is 0.607. The van der Waals surface area contributed by atoms with Gasteiger partial charge in [0, 0.05) is 0 Å². The molecule has 13 heavy (non-hydrogen) atoms. The van der Waals surface area contributed by atoms with Gasteiger partial charge in [0.05, 0.1) is 0 Å². The molecule has 1 rings (SSSR count). The molecule has 0 N–H and O–H groups in total. The van der Waals surface area contributed by atoms with E-state index in [1.807, 2.05) is 0 Å². The second-order valence-electron chi connectivity index (χ2n) is 5.08. The van der Waals surface area contributed by atoms with E-state index in [0.29, 0.717) is 5.41 Å². The molecule has 0 aliphatic heterocycles. The Morgan fingerprint density at radius 3 is 2.69 bits per heavy atom. The van der Waals surface area contributed by atoms with Crippen molar-refractivity contribution in [1.29, 1.82) is 0 Å². The van der Waals surface area contributed by atoms with E-state index in [2.05, 4.69) is 33.8 Å². The van der Waals surface area contributed by atoms with Gasteiger partial charge in [0.15, 0.2) is 0 Å². The van der Waals surface area contributed by atoms with E-state index >= 15 is 0 Å². The second kappa shape index (κ2) is 4.30. The summed E-state index contributed by atoms with van der Waals surface area (Å²) in [4.78, 5) is 0. The molecule has 0 spiro atoms. The summed E-state index contributed by atoms with van der Waals surface area (Å²) in [7, 11) is 0. The third kappa shape index (κ3) is 2.59. The minimum Gasteiger partial charge on any atom is -0.0859 e. The maximum absolute atomic E-state index is 2.47. The van der Waals surface area contributed by atoms with Crippen molar-refractivity contribution in [3.63, 3.8) is 0 Å². The predicted octanol–water partition coefficient (Wildman–Crippen LogP) is 4.56. The smallest absolute Gasteiger partial charge is 0.0263 e. The molecule has 1 aliphatic rings. The van der Waals surface area contributed by atoms with Crippen molar-refractivity contribution >= 4 is 0 Å². The van der Waals surface area contributed by atoms with Gasteiger partial charge in [0.25, 0.3) is 0 Å². The van der Waals surface area contributed by atoms with Crippen molar-refractivity contribution in [3.8, 4) is 0 Å². The molecule has 1 fully saturated rings. The van der Waals surface area contributed by atoms with E-state index in [1.54, 1.807) is 5.57 Å². The van der Waals surface area contributed by atoms with Gasteiger partial charge in [-0.1, -0.05) is 45.3 Å². The maximum Gasteiger partial charge on any atom is -0.0263 e. The van der Waals surface area contributed by atoms with Gasteiger partial charge in [0.2, 0.25) is 0 Å². The molecule has 1 aliphatic carbocycles. The summed E-state index contributed by atoms with van der Waals surface area (Å²) in [6.07, 6.45) is 9.21. The highest BCUT2D eigenvalue weighted by Gasteiger charge is 2.35. The first-order chi connectivity index (χ1) is 6.08. The van der Waals surface area contributed by atoms with E-state index < -0.39 is 0 Å². The summed E-state index contributed by atoms with van der Waals surface area (Å²) in [5.41, 5.74) is 2.20. The molecule has 2 atom stereocenters. The Kier molecular flexibility index (Phi) is 3.58. The number of hydrogen-bond donors (Lipinski definition) is 0. The average molecular weight is 180 g/mol. The van der Waals surface area contributed by atoms with Crippen molar-refractivity contribution in [2.24, 2.45) is 11.3 Å². The van der Waals surface area contributed by atoms with Crippen LogP contribution in [0.25, 0.3) is 0 Å².